The first-order chi connectivity index (χ1) is 11.1. The molecule has 1 aromatic heterocycles. The number of rotatable bonds is 7. The van der Waals surface area contributed by atoms with E-state index in [0.29, 0.717) is 6.54 Å². The van der Waals surface area contributed by atoms with Gasteiger partial charge < -0.3 is 10.6 Å². The topological polar surface area (TPSA) is 54.0 Å². The summed E-state index contributed by atoms with van der Waals surface area (Å²) in [7, 11) is 0. The number of nitrogens with one attached hydrogen (secondary N) is 2. The summed E-state index contributed by atoms with van der Waals surface area (Å²) in [5.41, 5.74) is 3.00. The number of amides is 1. The van der Waals surface area contributed by atoms with Crippen LogP contribution >= 0.6 is 23.1 Å². The predicted octanol–water partition coefficient (Wildman–Crippen LogP) is 3.85. The van der Waals surface area contributed by atoms with Gasteiger partial charge in [-0.2, -0.15) is 0 Å². The SMILES string of the molecule is Cc1csc(Sc2ccc(NC(=O)CNCC3CC3)c(C)c2)n1. The number of nitrogens with zero attached hydrogens (tertiary/aromatic N) is 1. The van der Waals surface area contributed by atoms with Gasteiger partial charge in [-0.1, -0.05) is 11.8 Å². The Bertz CT molecular complexity index is 695. The second kappa shape index (κ2) is 7.47. The molecule has 3 rings (SSSR count). The highest BCUT2D eigenvalue weighted by atomic mass is 32.2. The van der Waals surface area contributed by atoms with Crippen LogP contribution < -0.4 is 10.6 Å². The fourth-order valence-corrected chi connectivity index (χ4v) is 4.14. The van der Waals surface area contributed by atoms with E-state index in [0.717, 1.165) is 38.6 Å². The predicted molar refractivity (Wildman–Crippen MR) is 96.4 cm³/mol. The van der Waals surface area contributed by atoms with Crippen molar-refractivity contribution in [1.82, 2.24) is 10.3 Å². The van der Waals surface area contributed by atoms with Crippen molar-refractivity contribution in [1.29, 1.82) is 0 Å². The molecule has 122 valence electrons. The van der Waals surface area contributed by atoms with Crippen molar-refractivity contribution in [3.05, 3.63) is 34.8 Å². The molecule has 0 atom stereocenters. The average molecular weight is 348 g/mol. The van der Waals surface area contributed by atoms with Crippen molar-refractivity contribution < 1.29 is 4.79 Å². The highest BCUT2D eigenvalue weighted by Gasteiger charge is 2.20. The monoisotopic (exact) mass is 347 g/mol. The Hall–Kier alpha value is -1.37. The molecule has 23 heavy (non-hydrogen) atoms. The Morgan fingerprint density at radius 2 is 2.22 bits per heavy atom. The molecule has 1 heterocycles. The summed E-state index contributed by atoms with van der Waals surface area (Å²) in [6.07, 6.45) is 2.59. The van der Waals surface area contributed by atoms with E-state index in [4.69, 9.17) is 0 Å². The summed E-state index contributed by atoms with van der Waals surface area (Å²) in [5.74, 6) is 0.806. The van der Waals surface area contributed by atoms with Crippen LogP contribution in [0.25, 0.3) is 0 Å². The van der Waals surface area contributed by atoms with Crippen LogP contribution in [0.5, 0.6) is 0 Å². The average Bonchev–Trinajstić information content (AvgIpc) is 3.24. The molecule has 1 aliphatic rings. The Labute approximate surface area is 145 Å². The van der Waals surface area contributed by atoms with Gasteiger partial charge in [0.1, 0.15) is 0 Å². The zero-order chi connectivity index (χ0) is 16.2. The molecule has 1 amide bonds. The molecule has 2 N–H and O–H groups in total. The van der Waals surface area contributed by atoms with Gasteiger partial charge in [0.2, 0.25) is 5.91 Å². The highest BCUT2D eigenvalue weighted by Crippen LogP contribution is 2.32. The van der Waals surface area contributed by atoms with Crippen LogP contribution in [0.4, 0.5) is 5.69 Å². The van der Waals surface area contributed by atoms with E-state index in [2.05, 4.69) is 27.1 Å². The minimum atomic E-state index is 0.0182. The fourth-order valence-electron chi connectivity index (χ4n) is 2.23. The normalized spacial score (nSPS) is 14.0. The molecule has 0 radical (unpaired) electrons. The number of thiazole rings is 1. The van der Waals surface area contributed by atoms with Gasteiger partial charge in [0.15, 0.2) is 4.34 Å². The Morgan fingerprint density at radius 3 is 2.87 bits per heavy atom. The molecule has 4 nitrogen and oxygen atoms in total. The zero-order valence-electron chi connectivity index (χ0n) is 13.4. The standard InChI is InChI=1S/C17H21N3OS2/c1-11-7-14(23-17-19-12(2)10-22-17)5-6-15(11)20-16(21)9-18-8-13-3-4-13/h5-7,10,13,18H,3-4,8-9H2,1-2H3,(H,20,21). The minimum absolute atomic E-state index is 0.0182. The molecule has 0 spiro atoms. The van der Waals surface area contributed by atoms with Crippen LogP contribution in [0.3, 0.4) is 0 Å². The van der Waals surface area contributed by atoms with Crippen LogP contribution in [0.1, 0.15) is 24.1 Å². The summed E-state index contributed by atoms with van der Waals surface area (Å²) in [6, 6.07) is 6.09. The molecule has 1 saturated carbocycles. The number of aromatic nitrogens is 1. The van der Waals surface area contributed by atoms with E-state index in [-0.39, 0.29) is 5.91 Å². The first kappa shape index (κ1) is 16.5. The molecule has 1 aliphatic carbocycles. The maximum atomic E-state index is 12.0. The summed E-state index contributed by atoms with van der Waals surface area (Å²) >= 11 is 3.31. The number of hydrogen-bond donors (Lipinski definition) is 2. The zero-order valence-corrected chi connectivity index (χ0v) is 15.0. The van der Waals surface area contributed by atoms with Gasteiger partial charge >= 0.3 is 0 Å². The maximum absolute atomic E-state index is 12.0. The molecule has 1 aromatic carbocycles. The largest absolute Gasteiger partial charge is 0.325 e. The van der Waals surface area contributed by atoms with Gasteiger partial charge in [0.25, 0.3) is 0 Å². The van der Waals surface area contributed by atoms with Crippen LogP contribution in [0.15, 0.2) is 32.8 Å². The van der Waals surface area contributed by atoms with Crippen LogP contribution in [0, 0.1) is 19.8 Å². The van der Waals surface area contributed by atoms with E-state index in [1.54, 1.807) is 23.1 Å². The number of carbonyl (C=O) groups is 1. The number of carbonyl (C=O) groups excluding carboxylic acids is 1. The smallest absolute Gasteiger partial charge is 0.238 e. The Morgan fingerprint density at radius 1 is 1.39 bits per heavy atom. The molecule has 1 fully saturated rings. The first-order valence-corrected chi connectivity index (χ1v) is 9.51. The number of hydrogen-bond acceptors (Lipinski definition) is 5. The number of benzene rings is 1. The Kier molecular flexibility index (Phi) is 5.35. The van der Waals surface area contributed by atoms with Gasteiger partial charge in [-0.3, -0.25) is 4.79 Å². The third-order valence-electron chi connectivity index (χ3n) is 3.69. The summed E-state index contributed by atoms with van der Waals surface area (Å²) in [4.78, 5) is 17.6. The quantitative estimate of drug-likeness (QED) is 0.799. The van der Waals surface area contributed by atoms with E-state index in [1.807, 2.05) is 26.0 Å². The van der Waals surface area contributed by atoms with Crippen molar-refractivity contribution in [2.24, 2.45) is 5.92 Å². The van der Waals surface area contributed by atoms with Crippen LogP contribution in [-0.2, 0) is 4.79 Å². The van der Waals surface area contributed by atoms with Gasteiger partial charge in [-0.15, -0.1) is 11.3 Å². The van der Waals surface area contributed by atoms with Gasteiger partial charge in [0, 0.05) is 21.7 Å². The molecule has 0 unspecified atom stereocenters. The number of anilines is 1. The summed E-state index contributed by atoms with van der Waals surface area (Å²) in [5, 5.41) is 8.24. The minimum Gasteiger partial charge on any atom is -0.325 e. The second-order valence-electron chi connectivity index (χ2n) is 5.96. The summed E-state index contributed by atoms with van der Waals surface area (Å²) < 4.78 is 1.04. The first-order valence-electron chi connectivity index (χ1n) is 7.81. The van der Waals surface area contributed by atoms with Crippen LogP contribution in [-0.4, -0.2) is 24.0 Å². The van der Waals surface area contributed by atoms with E-state index in [1.165, 1.54) is 12.8 Å². The fraction of sp³-hybridized carbons (Fsp3) is 0.412. The van der Waals surface area contributed by atoms with Gasteiger partial charge in [-0.25, -0.2) is 4.98 Å². The van der Waals surface area contributed by atoms with Gasteiger partial charge in [-0.05, 0) is 62.9 Å². The lowest BCUT2D eigenvalue weighted by atomic mass is 10.2. The molecule has 0 saturated heterocycles. The van der Waals surface area contributed by atoms with Crippen molar-refractivity contribution in [2.75, 3.05) is 18.4 Å². The van der Waals surface area contributed by atoms with Crippen molar-refractivity contribution >= 4 is 34.7 Å². The molecular weight excluding hydrogens is 326 g/mol. The molecular formula is C17H21N3OS2. The van der Waals surface area contributed by atoms with E-state index in [9.17, 15) is 4.79 Å². The summed E-state index contributed by atoms with van der Waals surface area (Å²) in [6.45, 7) is 5.35. The lowest BCUT2D eigenvalue weighted by molar-refractivity contribution is -0.115. The Balaban J connectivity index is 1.54. The van der Waals surface area contributed by atoms with E-state index >= 15 is 0 Å². The van der Waals surface area contributed by atoms with E-state index < -0.39 is 0 Å². The third-order valence-corrected chi connectivity index (χ3v) is 5.74. The van der Waals surface area contributed by atoms with Crippen molar-refractivity contribution in [3.63, 3.8) is 0 Å². The lowest BCUT2D eigenvalue weighted by Gasteiger charge is -2.10. The molecule has 0 aliphatic heterocycles. The van der Waals surface area contributed by atoms with Crippen molar-refractivity contribution in [3.8, 4) is 0 Å². The van der Waals surface area contributed by atoms with Crippen LogP contribution in [0.2, 0.25) is 0 Å². The maximum Gasteiger partial charge on any atom is 0.238 e. The molecule has 2 aromatic rings. The highest BCUT2D eigenvalue weighted by molar-refractivity contribution is 8.01. The second-order valence-corrected chi connectivity index (χ2v) is 8.13. The molecule has 6 heteroatoms. The number of aryl methyl sites for hydroxylation is 2. The molecule has 0 bridgehead atoms. The van der Waals surface area contributed by atoms with Crippen molar-refractivity contribution in [2.45, 2.75) is 35.9 Å². The lowest BCUT2D eigenvalue weighted by Crippen LogP contribution is -2.29. The third kappa shape index (κ3) is 5.06. The van der Waals surface area contributed by atoms with Gasteiger partial charge in [0.05, 0.1) is 6.54 Å².